The van der Waals surface area contributed by atoms with Gasteiger partial charge in [-0.25, -0.2) is 9.78 Å². The van der Waals surface area contributed by atoms with Crippen LogP contribution < -0.4 is 11.1 Å². The molecule has 0 aliphatic carbocycles. The summed E-state index contributed by atoms with van der Waals surface area (Å²) in [6.45, 7) is 2.03. The van der Waals surface area contributed by atoms with E-state index in [9.17, 15) is 19.5 Å². The second-order valence-corrected chi connectivity index (χ2v) is 12.7. The number of aromatic nitrogens is 3. The summed E-state index contributed by atoms with van der Waals surface area (Å²) in [5, 5.41) is 22.1. The van der Waals surface area contributed by atoms with E-state index in [0.717, 1.165) is 31.3 Å². The van der Waals surface area contributed by atoms with E-state index < -0.39 is 29.2 Å². The Morgan fingerprint density at radius 3 is 2.69 bits per heavy atom. The van der Waals surface area contributed by atoms with Gasteiger partial charge in [-0.2, -0.15) is 0 Å². The number of fused-ring (bicyclic) bond motifs is 1. The summed E-state index contributed by atoms with van der Waals surface area (Å²) < 4.78 is 1.60. The lowest BCUT2D eigenvalue weighted by molar-refractivity contribution is -0.150. The number of β-lactam (4-membered cyclic amide) rings is 1. The Hall–Kier alpha value is -1.49. The van der Waals surface area contributed by atoms with E-state index in [4.69, 9.17) is 17.3 Å². The summed E-state index contributed by atoms with van der Waals surface area (Å²) in [4.78, 5) is 42.9. The highest BCUT2D eigenvalue weighted by atomic mass is 35.5. The second kappa shape index (κ2) is 12.2. The van der Waals surface area contributed by atoms with Gasteiger partial charge in [0.2, 0.25) is 0 Å². The number of nitrogen functional groups attached to an aromatic ring is 1. The predicted octanol–water partition coefficient (Wildman–Crippen LogP) is 3.22. The zero-order valence-corrected chi connectivity index (χ0v) is 23.5. The molecule has 0 spiro atoms. The number of carbonyl (C=O) groups is 3. The minimum atomic E-state index is -1.18. The molecule has 10 nitrogen and oxygen atoms in total. The summed E-state index contributed by atoms with van der Waals surface area (Å²) in [6, 6.07) is -0.875. The van der Waals surface area contributed by atoms with Crippen LogP contribution in [0.25, 0.3) is 5.57 Å². The largest absolute Gasteiger partial charge is 0.477 e. The van der Waals surface area contributed by atoms with Crippen molar-refractivity contribution < 1.29 is 19.5 Å². The molecule has 2 atom stereocenters. The average molecular weight is 614 g/mol. The molecule has 1 unspecified atom stereocenters. The van der Waals surface area contributed by atoms with Gasteiger partial charge < -0.3 is 16.2 Å². The van der Waals surface area contributed by atoms with Crippen LogP contribution in [0, 0.1) is 0 Å². The summed E-state index contributed by atoms with van der Waals surface area (Å²) in [5.74, 6) is -0.588. The zero-order chi connectivity index (χ0) is 24.4. The molecule has 2 aromatic rings. The zero-order valence-electron chi connectivity index (χ0n) is 17.8. The van der Waals surface area contributed by atoms with Crippen molar-refractivity contribution in [3.05, 3.63) is 27.9 Å². The quantitative estimate of drug-likeness (QED) is 0.217. The van der Waals surface area contributed by atoms with Crippen LogP contribution in [0.5, 0.6) is 0 Å². The molecular formula is C18H18Cl2N6O4S5. The van der Waals surface area contributed by atoms with Crippen molar-refractivity contribution in [1.29, 1.82) is 0 Å². The number of amides is 2. The number of nitrogens with zero attached hydrogens (tertiary/aromatic N) is 4. The highest BCUT2D eigenvalue weighted by Gasteiger charge is 2.54. The lowest BCUT2D eigenvalue weighted by atomic mass is 10.0. The van der Waals surface area contributed by atoms with Gasteiger partial charge in [-0.15, -0.1) is 45.7 Å². The van der Waals surface area contributed by atoms with Crippen LogP contribution in [0.15, 0.2) is 30.9 Å². The Labute approximate surface area is 232 Å². The molecule has 0 bridgehead atoms. The molecule has 4 N–H and O–H groups in total. The van der Waals surface area contributed by atoms with Crippen molar-refractivity contribution in [2.45, 2.75) is 27.0 Å². The Balaban J connectivity index is 0.00000342. The SMILES string of the molecule is CCSc1nnc(SCC2=C(C(=O)O)N3C(=O)C(NC(=O)C(=CCl)c4csc(N)n4)[C@@H]3SC2)s1.Cl. The first-order valence-electron chi connectivity index (χ1n) is 9.65. The van der Waals surface area contributed by atoms with Crippen LogP contribution in [0.2, 0.25) is 0 Å². The molecule has 0 saturated carbocycles. The van der Waals surface area contributed by atoms with Crippen molar-refractivity contribution in [2.75, 3.05) is 23.0 Å². The van der Waals surface area contributed by atoms with Gasteiger partial charge in [0.05, 0.1) is 11.3 Å². The number of carboxylic acid groups (broad SMARTS) is 1. The standard InChI is InChI=1S/C18H17ClN6O4S5.ClH/c1-2-30-17-23-24-18(34-17)33-5-7-4-31-14-10(13(27)25(14)11(7)15(28)29)22-12(26)8(3-19)9-6-32-16(20)21-9;/h3,6,10,14H,2,4-5H2,1H3,(H2,20,21)(H,22,26)(H,28,29);1H/t10?,14-;/m0./s1. The minimum absolute atomic E-state index is 0. The van der Waals surface area contributed by atoms with Gasteiger partial charge >= 0.3 is 5.97 Å². The fourth-order valence-electron chi connectivity index (χ4n) is 3.23. The number of rotatable bonds is 9. The molecule has 188 valence electrons. The number of aliphatic carboxylic acids is 1. The summed E-state index contributed by atoms with van der Waals surface area (Å²) in [6.07, 6.45) is 0. The van der Waals surface area contributed by atoms with Gasteiger partial charge in [0.15, 0.2) is 13.8 Å². The Morgan fingerprint density at radius 2 is 2.09 bits per heavy atom. The Morgan fingerprint density at radius 1 is 1.37 bits per heavy atom. The van der Waals surface area contributed by atoms with Crippen LogP contribution >= 0.6 is 82.0 Å². The molecule has 17 heteroatoms. The van der Waals surface area contributed by atoms with E-state index in [2.05, 4.69) is 20.5 Å². The molecule has 0 aromatic carbocycles. The fraction of sp³-hybridized carbons (Fsp3) is 0.333. The first kappa shape index (κ1) is 28.1. The van der Waals surface area contributed by atoms with Crippen LogP contribution in [-0.2, 0) is 14.4 Å². The van der Waals surface area contributed by atoms with Crippen LogP contribution in [0.1, 0.15) is 12.6 Å². The third-order valence-electron chi connectivity index (χ3n) is 4.71. The predicted molar refractivity (Wildman–Crippen MR) is 144 cm³/mol. The fourth-order valence-corrected chi connectivity index (χ4v) is 8.41. The summed E-state index contributed by atoms with van der Waals surface area (Å²) >= 11 is 12.8. The van der Waals surface area contributed by atoms with Crippen molar-refractivity contribution in [3.8, 4) is 0 Å². The maximum atomic E-state index is 12.9. The number of halogens is 2. The number of hydrogen-bond donors (Lipinski definition) is 3. The van der Waals surface area contributed by atoms with Crippen LogP contribution in [-0.4, -0.2) is 71.6 Å². The summed E-state index contributed by atoms with van der Waals surface area (Å²) in [5.41, 5.74) is 7.66. The number of carbonyl (C=O) groups excluding carboxylic acids is 2. The van der Waals surface area contributed by atoms with Gasteiger partial charge in [0, 0.05) is 22.4 Å². The van der Waals surface area contributed by atoms with Crippen LogP contribution in [0.3, 0.4) is 0 Å². The van der Waals surface area contributed by atoms with Crippen molar-refractivity contribution in [3.63, 3.8) is 0 Å². The minimum Gasteiger partial charge on any atom is -0.477 e. The first-order valence-corrected chi connectivity index (χ1v) is 14.8. The van der Waals surface area contributed by atoms with Crippen LogP contribution in [0.4, 0.5) is 5.13 Å². The average Bonchev–Trinajstić information content (AvgIpc) is 3.44. The highest BCUT2D eigenvalue weighted by Crippen LogP contribution is 2.42. The van der Waals surface area contributed by atoms with E-state index in [-0.39, 0.29) is 28.8 Å². The number of anilines is 1. The molecule has 4 heterocycles. The maximum Gasteiger partial charge on any atom is 0.352 e. The molecule has 1 saturated heterocycles. The van der Waals surface area contributed by atoms with Gasteiger partial charge in [-0.3, -0.25) is 14.5 Å². The number of thioether (sulfide) groups is 3. The third kappa shape index (κ3) is 5.92. The smallest absolute Gasteiger partial charge is 0.352 e. The Bertz CT molecular complexity index is 1200. The molecule has 2 amide bonds. The number of nitrogens with one attached hydrogen (secondary N) is 1. The van der Waals surface area contributed by atoms with Crippen molar-refractivity contribution in [2.24, 2.45) is 0 Å². The van der Waals surface area contributed by atoms with Gasteiger partial charge in [0.25, 0.3) is 11.8 Å². The molecule has 4 rings (SSSR count). The first-order chi connectivity index (χ1) is 16.3. The number of nitrogens with two attached hydrogens (primary N) is 1. The maximum absolute atomic E-state index is 12.9. The lowest BCUT2D eigenvalue weighted by Gasteiger charge is -2.49. The molecule has 2 aliphatic rings. The molecule has 0 radical (unpaired) electrons. The van der Waals surface area contributed by atoms with Crippen molar-refractivity contribution in [1.82, 2.24) is 25.4 Å². The normalized spacial score (nSPS) is 19.7. The number of carboxylic acids is 1. The molecular weight excluding hydrogens is 595 g/mol. The monoisotopic (exact) mass is 612 g/mol. The summed E-state index contributed by atoms with van der Waals surface area (Å²) in [7, 11) is 0. The van der Waals surface area contributed by atoms with E-state index in [1.807, 2.05) is 6.92 Å². The van der Waals surface area contributed by atoms with Gasteiger partial charge in [-0.05, 0) is 11.3 Å². The molecule has 2 aromatic heterocycles. The van der Waals surface area contributed by atoms with E-state index in [1.54, 1.807) is 17.1 Å². The third-order valence-corrected chi connectivity index (χ3v) is 10.1. The number of thiazole rings is 1. The molecule has 2 aliphatic heterocycles. The van der Waals surface area contributed by atoms with Gasteiger partial charge in [-0.1, -0.05) is 53.4 Å². The van der Waals surface area contributed by atoms with E-state index in [0.29, 0.717) is 22.8 Å². The molecule has 1 fully saturated rings. The van der Waals surface area contributed by atoms with Gasteiger partial charge in [0.1, 0.15) is 17.1 Å². The van der Waals surface area contributed by atoms with E-state index in [1.165, 1.54) is 39.8 Å². The van der Waals surface area contributed by atoms with E-state index >= 15 is 0 Å². The lowest BCUT2D eigenvalue weighted by Crippen LogP contribution is -2.70. The highest BCUT2D eigenvalue weighted by molar-refractivity contribution is 8.03. The molecule has 35 heavy (non-hydrogen) atoms. The Kier molecular flexibility index (Phi) is 9.76. The number of hydrogen-bond acceptors (Lipinski definition) is 12. The second-order valence-electron chi connectivity index (χ2n) is 6.77. The topological polar surface area (TPSA) is 151 Å². The van der Waals surface area contributed by atoms with Crippen molar-refractivity contribution >= 4 is 110 Å².